The van der Waals surface area contributed by atoms with E-state index in [4.69, 9.17) is 0 Å². The minimum atomic E-state index is -0.791. The first kappa shape index (κ1) is 15.2. The molecule has 0 bridgehead atoms. The van der Waals surface area contributed by atoms with Gasteiger partial charge in [0.15, 0.2) is 11.6 Å². The van der Waals surface area contributed by atoms with Crippen LogP contribution in [0.2, 0.25) is 0 Å². The maximum atomic E-state index is 13.4. The van der Waals surface area contributed by atoms with Crippen molar-refractivity contribution < 1.29 is 8.78 Å². The van der Waals surface area contributed by atoms with Gasteiger partial charge in [0.1, 0.15) is 0 Å². The molecule has 0 aromatic heterocycles. The van der Waals surface area contributed by atoms with E-state index in [0.29, 0.717) is 0 Å². The van der Waals surface area contributed by atoms with Crippen molar-refractivity contribution in [3.63, 3.8) is 0 Å². The van der Waals surface area contributed by atoms with Crippen LogP contribution in [0.25, 0.3) is 11.1 Å². The summed E-state index contributed by atoms with van der Waals surface area (Å²) in [4.78, 5) is 0. The predicted molar refractivity (Wildman–Crippen MR) is 86.8 cm³/mol. The molecule has 0 saturated heterocycles. The first-order chi connectivity index (χ1) is 10.7. The van der Waals surface area contributed by atoms with Gasteiger partial charge in [0, 0.05) is 0 Å². The summed E-state index contributed by atoms with van der Waals surface area (Å²) >= 11 is 0. The van der Waals surface area contributed by atoms with Gasteiger partial charge in [0.2, 0.25) is 0 Å². The highest BCUT2D eigenvalue weighted by Crippen LogP contribution is 2.32. The van der Waals surface area contributed by atoms with Gasteiger partial charge in [0.25, 0.3) is 0 Å². The van der Waals surface area contributed by atoms with Crippen LogP contribution in [-0.2, 0) is 12.8 Å². The van der Waals surface area contributed by atoms with Crippen LogP contribution in [0.1, 0.15) is 43.7 Å². The van der Waals surface area contributed by atoms with Crippen molar-refractivity contribution in [2.75, 3.05) is 0 Å². The zero-order chi connectivity index (χ0) is 15.5. The first-order valence-corrected chi connectivity index (χ1v) is 8.24. The SMILES string of the molecule is CCCCC1CCc2cc(-c3ccc(F)c(F)c3)ccc2C1. The monoisotopic (exact) mass is 300 g/mol. The lowest BCUT2D eigenvalue weighted by atomic mass is 9.80. The lowest BCUT2D eigenvalue weighted by molar-refractivity contribution is 0.413. The molecule has 1 aliphatic rings. The van der Waals surface area contributed by atoms with Gasteiger partial charge in [-0.3, -0.25) is 0 Å². The maximum absolute atomic E-state index is 13.4. The first-order valence-electron chi connectivity index (χ1n) is 8.24. The van der Waals surface area contributed by atoms with E-state index >= 15 is 0 Å². The Kier molecular flexibility index (Phi) is 4.56. The van der Waals surface area contributed by atoms with Crippen molar-refractivity contribution in [3.05, 3.63) is 59.2 Å². The van der Waals surface area contributed by atoms with Gasteiger partial charge in [-0.15, -0.1) is 0 Å². The van der Waals surface area contributed by atoms with Crippen molar-refractivity contribution in [2.45, 2.75) is 45.4 Å². The van der Waals surface area contributed by atoms with Crippen LogP contribution < -0.4 is 0 Å². The van der Waals surface area contributed by atoms with Gasteiger partial charge < -0.3 is 0 Å². The third-order valence-corrected chi connectivity index (χ3v) is 4.76. The van der Waals surface area contributed by atoms with Gasteiger partial charge in [0.05, 0.1) is 0 Å². The van der Waals surface area contributed by atoms with Crippen LogP contribution in [0.3, 0.4) is 0 Å². The Hall–Kier alpha value is -1.70. The smallest absolute Gasteiger partial charge is 0.159 e. The maximum Gasteiger partial charge on any atom is 0.159 e. The Bertz CT molecular complexity index is 661. The van der Waals surface area contributed by atoms with Crippen LogP contribution in [-0.4, -0.2) is 0 Å². The van der Waals surface area contributed by atoms with Gasteiger partial charge >= 0.3 is 0 Å². The lowest BCUT2D eigenvalue weighted by Gasteiger charge is -2.25. The number of fused-ring (bicyclic) bond motifs is 1. The molecule has 0 saturated carbocycles. The van der Waals surface area contributed by atoms with E-state index < -0.39 is 11.6 Å². The lowest BCUT2D eigenvalue weighted by Crippen LogP contribution is -2.14. The molecule has 0 aliphatic heterocycles. The molecule has 116 valence electrons. The predicted octanol–water partition coefficient (Wildman–Crippen LogP) is 5.93. The quantitative estimate of drug-likeness (QED) is 0.656. The molecule has 3 rings (SSSR count). The molecular weight excluding hydrogens is 278 g/mol. The number of unbranched alkanes of at least 4 members (excludes halogenated alkanes) is 1. The van der Waals surface area contributed by atoms with E-state index in [1.165, 1.54) is 48.9 Å². The third-order valence-electron chi connectivity index (χ3n) is 4.76. The second-order valence-electron chi connectivity index (χ2n) is 6.36. The standard InChI is InChI=1S/C20H22F2/c1-2-3-4-14-5-6-16-12-17(8-7-15(16)11-14)18-9-10-19(21)20(22)13-18/h7-10,12-14H,2-6,11H2,1H3. The van der Waals surface area contributed by atoms with Crippen LogP contribution in [0.5, 0.6) is 0 Å². The molecule has 2 aromatic carbocycles. The molecule has 2 aromatic rings. The van der Waals surface area contributed by atoms with Crippen molar-refractivity contribution >= 4 is 0 Å². The fraction of sp³-hybridized carbons (Fsp3) is 0.400. The van der Waals surface area contributed by atoms with Gasteiger partial charge in [-0.05, 0) is 59.6 Å². The van der Waals surface area contributed by atoms with Gasteiger partial charge in [-0.2, -0.15) is 0 Å². The van der Waals surface area contributed by atoms with E-state index in [1.54, 1.807) is 6.07 Å². The fourth-order valence-electron chi connectivity index (χ4n) is 3.42. The van der Waals surface area contributed by atoms with Crippen molar-refractivity contribution in [2.24, 2.45) is 5.92 Å². The Morgan fingerprint density at radius 1 is 0.955 bits per heavy atom. The summed E-state index contributed by atoms with van der Waals surface area (Å²) < 4.78 is 26.5. The zero-order valence-electron chi connectivity index (χ0n) is 13.0. The second-order valence-corrected chi connectivity index (χ2v) is 6.36. The van der Waals surface area contributed by atoms with Crippen molar-refractivity contribution in [1.29, 1.82) is 0 Å². The van der Waals surface area contributed by atoms with Gasteiger partial charge in [-0.1, -0.05) is 50.5 Å². The van der Waals surface area contributed by atoms with E-state index in [9.17, 15) is 8.78 Å². The number of benzene rings is 2. The minimum Gasteiger partial charge on any atom is -0.204 e. The number of aryl methyl sites for hydroxylation is 1. The second kappa shape index (κ2) is 6.60. The third kappa shape index (κ3) is 3.21. The Balaban J connectivity index is 1.81. The summed E-state index contributed by atoms with van der Waals surface area (Å²) in [7, 11) is 0. The molecule has 2 heteroatoms. The summed E-state index contributed by atoms with van der Waals surface area (Å²) in [6, 6.07) is 10.5. The van der Waals surface area contributed by atoms with Crippen LogP contribution >= 0.6 is 0 Å². The number of halogens is 2. The molecule has 1 aliphatic carbocycles. The molecule has 0 N–H and O–H groups in total. The normalized spacial score (nSPS) is 17.3. The average Bonchev–Trinajstić information content (AvgIpc) is 2.55. The molecule has 0 fully saturated rings. The van der Waals surface area contributed by atoms with Gasteiger partial charge in [-0.25, -0.2) is 8.78 Å². The molecule has 22 heavy (non-hydrogen) atoms. The molecule has 0 radical (unpaired) electrons. The zero-order valence-corrected chi connectivity index (χ0v) is 13.0. The minimum absolute atomic E-state index is 0.745. The van der Waals surface area contributed by atoms with Crippen LogP contribution in [0.4, 0.5) is 8.78 Å². The summed E-state index contributed by atoms with van der Waals surface area (Å²) in [5, 5.41) is 0. The van der Waals surface area contributed by atoms with Crippen LogP contribution in [0.15, 0.2) is 36.4 Å². The van der Waals surface area contributed by atoms with Crippen LogP contribution in [0, 0.1) is 17.6 Å². The summed E-state index contributed by atoms with van der Waals surface area (Å²) in [5.41, 5.74) is 4.52. The Labute approximate surface area is 131 Å². The van der Waals surface area contributed by atoms with E-state index in [1.807, 2.05) is 6.07 Å². The molecule has 0 amide bonds. The number of hydrogen-bond acceptors (Lipinski definition) is 0. The highest BCUT2D eigenvalue weighted by molar-refractivity contribution is 5.65. The van der Waals surface area contributed by atoms with E-state index in [0.717, 1.165) is 29.9 Å². The van der Waals surface area contributed by atoms with E-state index in [-0.39, 0.29) is 0 Å². The largest absolute Gasteiger partial charge is 0.204 e. The highest BCUT2D eigenvalue weighted by Gasteiger charge is 2.18. The summed E-state index contributed by atoms with van der Waals surface area (Å²) in [5.74, 6) is -0.767. The molecule has 1 atom stereocenters. The Morgan fingerprint density at radius 2 is 1.73 bits per heavy atom. The molecule has 0 spiro atoms. The molecular formula is C20H22F2. The summed E-state index contributed by atoms with van der Waals surface area (Å²) in [6.07, 6.45) is 7.40. The van der Waals surface area contributed by atoms with Crippen molar-refractivity contribution in [1.82, 2.24) is 0 Å². The molecule has 1 unspecified atom stereocenters. The average molecular weight is 300 g/mol. The van der Waals surface area contributed by atoms with E-state index in [2.05, 4.69) is 19.1 Å². The Morgan fingerprint density at radius 3 is 2.50 bits per heavy atom. The van der Waals surface area contributed by atoms with Crippen molar-refractivity contribution in [3.8, 4) is 11.1 Å². The highest BCUT2D eigenvalue weighted by atomic mass is 19.2. The molecule has 0 nitrogen and oxygen atoms in total. The topological polar surface area (TPSA) is 0 Å². The fourth-order valence-corrected chi connectivity index (χ4v) is 3.42. The summed E-state index contributed by atoms with van der Waals surface area (Å²) in [6.45, 7) is 2.24. The number of hydrogen-bond donors (Lipinski definition) is 0. The molecule has 0 heterocycles. The number of rotatable bonds is 4.